The lowest BCUT2D eigenvalue weighted by Crippen LogP contribution is -2.55. The van der Waals surface area contributed by atoms with E-state index in [0.29, 0.717) is 51.6 Å². The van der Waals surface area contributed by atoms with E-state index in [0.717, 1.165) is 37.2 Å². The molecule has 47 heavy (non-hydrogen) atoms. The van der Waals surface area contributed by atoms with Gasteiger partial charge in [0.15, 0.2) is 0 Å². The number of carbonyl (C=O) groups excluding carboxylic acids is 4. The number of anilines is 1. The van der Waals surface area contributed by atoms with E-state index in [1.54, 1.807) is 9.80 Å². The molecule has 3 saturated heterocycles. The Labute approximate surface area is 274 Å². The van der Waals surface area contributed by atoms with E-state index in [1.165, 1.54) is 43.5 Å². The maximum Gasteiger partial charge on any atom is 0.322 e. The van der Waals surface area contributed by atoms with Gasteiger partial charge in [-0.3, -0.25) is 24.5 Å². The first-order valence-corrected chi connectivity index (χ1v) is 16.8. The van der Waals surface area contributed by atoms with Gasteiger partial charge >= 0.3 is 6.03 Å². The molecule has 0 unspecified atom stereocenters. The molecule has 13 nitrogen and oxygen atoms in total. The topological polar surface area (TPSA) is 148 Å². The number of nitrogens with zero attached hydrogens (tertiary/aromatic N) is 5. The maximum absolute atomic E-state index is 13.9. The van der Waals surface area contributed by atoms with Crippen molar-refractivity contribution in [2.45, 2.75) is 76.0 Å². The summed E-state index contributed by atoms with van der Waals surface area (Å²) in [5.74, 6) is -1.20. The molecule has 0 aromatic heterocycles. The summed E-state index contributed by atoms with van der Waals surface area (Å²) in [6.45, 7) is 4.62. The molecule has 4 heterocycles. The Balaban J connectivity index is 1.10. The number of benzene rings is 2. The van der Waals surface area contributed by atoms with Gasteiger partial charge in [0.1, 0.15) is 6.04 Å². The van der Waals surface area contributed by atoms with Gasteiger partial charge < -0.3 is 30.2 Å². The molecule has 6 rings (SSSR count). The van der Waals surface area contributed by atoms with Crippen molar-refractivity contribution in [3.8, 4) is 0 Å². The largest absolute Gasteiger partial charge is 0.342 e. The van der Waals surface area contributed by atoms with Crippen LogP contribution in [0.15, 0.2) is 48.5 Å². The molecule has 0 radical (unpaired) electrons. The van der Waals surface area contributed by atoms with E-state index < -0.39 is 16.9 Å². The van der Waals surface area contributed by atoms with Gasteiger partial charge in [-0.2, -0.15) is 0 Å². The molecular formula is C34H43N7O6. The zero-order valence-corrected chi connectivity index (χ0v) is 26.6. The standard InChI is InChI=1S/C34H43N7O6/c42-31(38-17-13-27(14-18-38)40-23-25-7-2-3-10-29(25)36-34(40)45)22-30(35-32(43)24-8-6-9-28(21-24)41(46)47)33(44)39-19-11-26(12-20-39)37-15-4-1-5-16-37/h2-3,6-10,21,26-27,30H,1,4-5,11-20,22-23H2,(H,35,43)(H,36,45)/t30-/m0/s1. The lowest BCUT2D eigenvalue weighted by atomic mass is 9.98. The van der Waals surface area contributed by atoms with Crippen LogP contribution in [0.3, 0.4) is 0 Å². The van der Waals surface area contributed by atoms with Crippen molar-refractivity contribution in [1.29, 1.82) is 0 Å². The average Bonchev–Trinajstić information content (AvgIpc) is 3.11. The molecule has 0 bridgehead atoms. The Morgan fingerprint density at radius 3 is 2.28 bits per heavy atom. The minimum absolute atomic E-state index is 0.0281. The van der Waals surface area contributed by atoms with E-state index in [1.807, 2.05) is 29.2 Å². The third kappa shape index (κ3) is 7.56. The smallest absolute Gasteiger partial charge is 0.322 e. The van der Waals surface area contributed by atoms with E-state index >= 15 is 0 Å². The van der Waals surface area contributed by atoms with Gasteiger partial charge in [-0.1, -0.05) is 30.7 Å². The van der Waals surface area contributed by atoms with Crippen molar-refractivity contribution < 1.29 is 24.1 Å². The molecule has 2 aromatic carbocycles. The predicted octanol–water partition coefficient (Wildman–Crippen LogP) is 3.60. The summed E-state index contributed by atoms with van der Waals surface area (Å²) in [5.41, 5.74) is 1.69. The van der Waals surface area contributed by atoms with E-state index in [2.05, 4.69) is 15.5 Å². The SMILES string of the molecule is O=C(N[C@@H](CC(=O)N1CCC(N2Cc3ccccc3NC2=O)CC1)C(=O)N1CCC(N2CCCCC2)CC1)c1cccc([N+](=O)[O-])c1. The number of para-hydroxylation sites is 1. The van der Waals surface area contributed by atoms with Crippen LogP contribution in [-0.4, -0.2) is 106 Å². The number of likely N-dealkylation sites (tertiary alicyclic amines) is 3. The summed E-state index contributed by atoms with van der Waals surface area (Å²) in [6.07, 6.45) is 6.32. The lowest BCUT2D eigenvalue weighted by Gasteiger charge is -2.41. The predicted molar refractivity (Wildman–Crippen MR) is 175 cm³/mol. The van der Waals surface area contributed by atoms with E-state index in [4.69, 9.17) is 0 Å². The summed E-state index contributed by atoms with van der Waals surface area (Å²) in [6, 6.07) is 12.2. The quantitative estimate of drug-likeness (QED) is 0.329. The number of amides is 5. The fourth-order valence-corrected chi connectivity index (χ4v) is 7.41. The minimum Gasteiger partial charge on any atom is -0.342 e. The zero-order chi connectivity index (χ0) is 32.9. The molecule has 4 aliphatic heterocycles. The third-order valence-corrected chi connectivity index (χ3v) is 10.1. The molecule has 0 saturated carbocycles. The third-order valence-electron chi connectivity index (χ3n) is 10.1. The van der Waals surface area contributed by atoms with Crippen LogP contribution < -0.4 is 10.6 Å². The summed E-state index contributed by atoms with van der Waals surface area (Å²) < 4.78 is 0. The molecule has 2 N–H and O–H groups in total. The van der Waals surface area contributed by atoms with Gasteiger partial charge in [-0.15, -0.1) is 0 Å². The summed E-state index contributed by atoms with van der Waals surface area (Å²) in [5, 5.41) is 17.0. The summed E-state index contributed by atoms with van der Waals surface area (Å²) in [4.78, 5) is 72.2. The second-order valence-corrected chi connectivity index (χ2v) is 13.0. The fraction of sp³-hybridized carbons (Fsp3) is 0.529. The van der Waals surface area contributed by atoms with Crippen LogP contribution in [0.25, 0.3) is 0 Å². The summed E-state index contributed by atoms with van der Waals surface area (Å²) >= 11 is 0. The Hall–Kier alpha value is -4.52. The Morgan fingerprint density at radius 2 is 1.55 bits per heavy atom. The molecule has 13 heteroatoms. The van der Waals surface area contributed by atoms with Gasteiger partial charge in [-0.25, -0.2) is 4.79 Å². The van der Waals surface area contributed by atoms with Crippen LogP contribution in [0.2, 0.25) is 0 Å². The van der Waals surface area contributed by atoms with E-state index in [-0.39, 0.29) is 41.6 Å². The molecule has 5 amide bonds. The molecule has 2 aromatic rings. The number of piperidine rings is 3. The molecule has 0 aliphatic carbocycles. The average molecular weight is 646 g/mol. The number of non-ortho nitro benzene ring substituents is 1. The van der Waals surface area contributed by atoms with Gasteiger partial charge in [0.2, 0.25) is 11.8 Å². The van der Waals surface area contributed by atoms with Crippen molar-refractivity contribution >= 4 is 35.1 Å². The van der Waals surface area contributed by atoms with Crippen LogP contribution >= 0.6 is 0 Å². The van der Waals surface area contributed by atoms with Gasteiger partial charge in [0.25, 0.3) is 11.6 Å². The summed E-state index contributed by atoms with van der Waals surface area (Å²) in [7, 11) is 0. The van der Waals surface area contributed by atoms with Gasteiger partial charge in [0, 0.05) is 68.2 Å². The fourth-order valence-electron chi connectivity index (χ4n) is 7.41. The molecule has 1 atom stereocenters. The highest BCUT2D eigenvalue weighted by Gasteiger charge is 2.36. The first-order valence-electron chi connectivity index (χ1n) is 16.8. The van der Waals surface area contributed by atoms with Crippen molar-refractivity contribution in [2.24, 2.45) is 0 Å². The highest BCUT2D eigenvalue weighted by Crippen LogP contribution is 2.28. The van der Waals surface area contributed by atoms with Gasteiger partial charge in [-0.05, 0) is 69.3 Å². The second kappa shape index (κ2) is 14.5. The first kappa shape index (κ1) is 32.4. The molecule has 250 valence electrons. The molecule has 4 aliphatic rings. The highest BCUT2D eigenvalue weighted by atomic mass is 16.6. The second-order valence-electron chi connectivity index (χ2n) is 13.0. The minimum atomic E-state index is -1.11. The number of urea groups is 1. The molecule has 0 spiro atoms. The molecular weight excluding hydrogens is 602 g/mol. The van der Waals surface area contributed by atoms with Crippen molar-refractivity contribution in [3.63, 3.8) is 0 Å². The van der Waals surface area contributed by atoms with Crippen LogP contribution in [0.4, 0.5) is 16.2 Å². The number of hydrogen-bond donors (Lipinski definition) is 2. The Morgan fingerprint density at radius 1 is 0.872 bits per heavy atom. The highest BCUT2D eigenvalue weighted by molar-refractivity contribution is 5.99. The number of rotatable bonds is 8. The monoisotopic (exact) mass is 645 g/mol. The number of carbonyl (C=O) groups is 4. The first-order chi connectivity index (χ1) is 22.8. The number of hydrogen-bond acceptors (Lipinski definition) is 7. The van der Waals surface area contributed by atoms with Crippen LogP contribution in [0, 0.1) is 10.1 Å². The molecule has 3 fully saturated rings. The zero-order valence-electron chi connectivity index (χ0n) is 26.6. The van der Waals surface area contributed by atoms with Gasteiger partial charge in [0.05, 0.1) is 11.3 Å². The normalized spacial score (nSPS) is 20.3. The number of nitrogens with one attached hydrogen (secondary N) is 2. The lowest BCUT2D eigenvalue weighted by molar-refractivity contribution is -0.384. The number of nitro groups is 1. The van der Waals surface area contributed by atoms with E-state index in [9.17, 15) is 29.3 Å². The number of nitro benzene ring substituents is 1. The van der Waals surface area contributed by atoms with Crippen LogP contribution in [0.1, 0.15) is 67.3 Å². The van der Waals surface area contributed by atoms with Crippen molar-refractivity contribution in [3.05, 3.63) is 69.8 Å². The Kier molecular flexibility index (Phi) is 10.00. The van der Waals surface area contributed by atoms with Crippen molar-refractivity contribution in [2.75, 3.05) is 44.6 Å². The van der Waals surface area contributed by atoms with Crippen molar-refractivity contribution in [1.82, 2.24) is 24.9 Å². The number of fused-ring (bicyclic) bond motifs is 1. The maximum atomic E-state index is 13.9. The Bertz CT molecular complexity index is 1500. The van der Waals surface area contributed by atoms with Crippen LogP contribution in [-0.2, 0) is 16.1 Å². The van der Waals surface area contributed by atoms with Crippen LogP contribution in [0.5, 0.6) is 0 Å².